The van der Waals surface area contributed by atoms with Gasteiger partial charge in [0.15, 0.2) is 0 Å². The van der Waals surface area contributed by atoms with Crippen molar-refractivity contribution in [3.05, 3.63) is 98.1 Å². The van der Waals surface area contributed by atoms with Gasteiger partial charge < -0.3 is 4.42 Å². The van der Waals surface area contributed by atoms with E-state index in [1.807, 2.05) is 13.0 Å². The maximum Gasteiger partial charge on any atom is 0.259 e. The highest BCUT2D eigenvalue weighted by Gasteiger charge is 2.20. The summed E-state index contributed by atoms with van der Waals surface area (Å²) < 4.78 is 6.01. The van der Waals surface area contributed by atoms with Gasteiger partial charge in [-0.3, -0.25) is 14.9 Å². The molecule has 29 heavy (non-hydrogen) atoms. The minimum Gasteiger partial charge on any atom is -0.439 e. The summed E-state index contributed by atoms with van der Waals surface area (Å²) in [5, 5.41) is 4.00. The van der Waals surface area contributed by atoms with Gasteiger partial charge in [-0.05, 0) is 48.4 Å². The first-order valence-corrected chi connectivity index (χ1v) is 9.59. The molecule has 0 aliphatic carbocycles. The molecule has 0 unspecified atom stereocenters. The predicted octanol–water partition coefficient (Wildman–Crippen LogP) is 6.33. The standard InChI is InChI=1S/C23H15Cl2NO3/c1-13-5-4-7-17-20(27)19(14-9-11-15(24)12-10-14)23(29-21(13)17)26-22(28)16-6-2-3-8-18(16)25/h2-12H,1H3,(H,26,28). The van der Waals surface area contributed by atoms with Crippen LogP contribution in [0.15, 0.2) is 75.9 Å². The third kappa shape index (κ3) is 3.65. The summed E-state index contributed by atoms with van der Waals surface area (Å²) >= 11 is 12.1. The van der Waals surface area contributed by atoms with Gasteiger partial charge in [-0.25, -0.2) is 0 Å². The first-order chi connectivity index (χ1) is 14.0. The molecule has 1 aromatic heterocycles. The number of halogens is 2. The van der Waals surface area contributed by atoms with Crippen LogP contribution in [0.4, 0.5) is 5.88 Å². The Morgan fingerprint density at radius 3 is 2.38 bits per heavy atom. The van der Waals surface area contributed by atoms with Gasteiger partial charge >= 0.3 is 0 Å². The van der Waals surface area contributed by atoms with E-state index in [0.29, 0.717) is 26.6 Å². The molecule has 0 saturated heterocycles. The Bertz CT molecular complexity index is 1290. The van der Waals surface area contributed by atoms with Crippen LogP contribution in [0.5, 0.6) is 0 Å². The van der Waals surface area contributed by atoms with Crippen LogP contribution >= 0.6 is 23.2 Å². The highest BCUT2D eigenvalue weighted by atomic mass is 35.5. The highest BCUT2D eigenvalue weighted by molar-refractivity contribution is 6.34. The molecule has 0 aliphatic rings. The maximum absolute atomic E-state index is 13.3. The number of amides is 1. The summed E-state index contributed by atoms with van der Waals surface area (Å²) in [7, 11) is 0. The van der Waals surface area contributed by atoms with Gasteiger partial charge in [0, 0.05) is 5.02 Å². The molecule has 3 aromatic carbocycles. The number of nitrogens with one attached hydrogen (secondary N) is 1. The first-order valence-electron chi connectivity index (χ1n) is 8.84. The zero-order chi connectivity index (χ0) is 20.5. The summed E-state index contributed by atoms with van der Waals surface area (Å²) in [4.78, 5) is 26.1. The van der Waals surface area contributed by atoms with Crippen molar-refractivity contribution in [2.24, 2.45) is 0 Å². The second-order valence-electron chi connectivity index (χ2n) is 6.53. The van der Waals surface area contributed by atoms with E-state index in [1.165, 1.54) is 0 Å². The predicted molar refractivity (Wildman–Crippen MR) is 117 cm³/mol. The number of hydrogen-bond donors (Lipinski definition) is 1. The molecular weight excluding hydrogens is 409 g/mol. The average molecular weight is 424 g/mol. The first kappa shape index (κ1) is 19.2. The summed E-state index contributed by atoms with van der Waals surface area (Å²) in [6.07, 6.45) is 0. The number of anilines is 1. The molecule has 4 nitrogen and oxygen atoms in total. The van der Waals surface area contributed by atoms with Crippen molar-refractivity contribution in [3.63, 3.8) is 0 Å². The molecule has 1 amide bonds. The average Bonchev–Trinajstić information content (AvgIpc) is 2.70. The van der Waals surface area contributed by atoms with Gasteiger partial charge in [0.25, 0.3) is 5.91 Å². The Kier molecular flexibility index (Phi) is 5.14. The zero-order valence-electron chi connectivity index (χ0n) is 15.3. The van der Waals surface area contributed by atoms with Crippen molar-refractivity contribution in [1.82, 2.24) is 0 Å². The van der Waals surface area contributed by atoms with Gasteiger partial charge in [-0.2, -0.15) is 0 Å². The van der Waals surface area contributed by atoms with E-state index in [2.05, 4.69) is 5.32 Å². The SMILES string of the molecule is Cc1cccc2c(=O)c(-c3ccc(Cl)cc3)c(NC(=O)c3ccccc3Cl)oc12. The molecule has 0 saturated carbocycles. The molecule has 144 valence electrons. The van der Waals surface area contributed by atoms with Crippen LogP contribution in [0.25, 0.3) is 22.1 Å². The molecule has 0 fully saturated rings. The normalized spacial score (nSPS) is 10.9. The fraction of sp³-hybridized carbons (Fsp3) is 0.0435. The lowest BCUT2D eigenvalue weighted by atomic mass is 10.0. The van der Waals surface area contributed by atoms with Crippen LogP contribution in [0, 0.1) is 6.92 Å². The van der Waals surface area contributed by atoms with Crippen LogP contribution in [-0.2, 0) is 0 Å². The van der Waals surface area contributed by atoms with Crippen molar-refractivity contribution >= 4 is 46.0 Å². The number of carbonyl (C=O) groups excluding carboxylic acids is 1. The molecule has 4 aromatic rings. The Balaban J connectivity index is 1.93. The van der Waals surface area contributed by atoms with Crippen LogP contribution in [0.1, 0.15) is 15.9 Å². The molecule has 4 rings (SSSR count). The van der Waals surface area contributed by atoms with Crippen molar-refractivity contribution in [3.8, 4) is 11.1 Å². The number of rotatable bonds is 3. The van der Waals surface area contributed by atoms with E-state index in [0.717, 1.165) is 5.56 Å². The lowest BCUT2D eigenvalue weighted by Gasteiger charge is -2.13. The maximum atomic E-state index is 13.3. The fourth-order valence-corrected chi connectivity index (χ4v) is 3.49. The molecule has 1 heterocycles. The van der Waals surface area contributed by atoms with Gasteiger partial charge in [0.05, 0.1) is 21.5 Å². The number of carbonyl (C=O) groups is 1. The molecular formula is C23H15Cl2NO3. The Morgan fingerprint density at radius 2 is 1.66 bits per heavy atom. The molecule has 1 N–H and O–H groups in total. The topological polar surface area (TPSA) is 59.3 Å². The van der Waals surface area contributed by atoms with Crippen molar-refractivity contribution in [2.45, 2.75) is 6.92 Å². The second kappa shape index (κ2) is 7.74. The lowest BCUT2D eigenvalue weighted by molar-refractivity contribution is 0.102. The largest absolute Gasteiger partial charge is 0.439 e. The molecule has 0 bridgehead atoms. The van der Waals surface area contributed by atoms with Crippen molar-refractivity contribution in [2.75, 3.05) is 5.32 Å². The summed E-state index contributed by atoms with van der Waals surface area (Å²) in [5.74, 6) is -0.411. The van der Waals surface area contributed by atoms with Crippen LogP contribution in [0.2, 0.25) is 10.0 Å². The monoisotopic (exact) mass is 423 g/mol. The minimum atomic E-state index is -0.470. The second-order valence-corrected chi connectivity index (χ2v) is 7.37. The quantitative estimate of drug-likeness (QED) is 0.418. The van der Waals surface area contributed by atoms with Crippen molar-refractivity contribution < 1.29 is 9.21 Å². The van der Waals surface area contributed by atoms with Crippen LogP contribution in [0.3, 0.4) is 0 Å². The van der Waals surface area contributed by atoms with Gasteiger partial charge in [0.2, 0.25) is 11.3 Å². The molecule has 6 heteroatoms. The molecule has 0 aliphatic heterocycles. The Morgan fingerprint density at radius 1 is 0.931 bits per heavy atom. The summed E-state index contributed by atoms with van der Waals surface area (Å²) in [6, 6.07) is 18.8. The smallest absolute Gasteiger partial charge is 0.259 e. The number of para-hydroxylation sites is 1. The van der Waals surface area contributed by atoms with E-state index in [1.54, 1.807) is 60.7 Å². The van der Waals surface area contributed by atoms with Crippen LogP contribution in [-0.4, -0.2) is 5.91 Å². The van der Waals surface area contributed by atoms with E-state index in [-0.39, 0.29) is 22.4 Å². The van der Waals surface area contributed by atoms with Crippen molar-refractivity contribution in [1.29, 1.82) is 0 Å². The summed E-state index contributed by atoms with van der Waals surface area (Å²) in [6.45, 7) is 1.84. The fourth-order valence-electron chi connectivity index (χ4n) is 3.14. The number of aryl methyl sites for hydroxylation is 1. The third-order valence-electron chi connectivity index (χ3n) is 4.59. The number of hydrogen-bond acceptors (Lipinski definition) is 3. The van der Waals surface area contributed by atoms with E-state index >= 15 is 0 Å². The summed E-state index contributed by atoms with van der Waals surface area (Å²) in [5.41, 5.74) is 2.08. The minimum absolute atomic E-state index is 0.0593. The third-order valence-corrected chi connectivity index (χ3v) is 5.17. The Labute approximate surface area is 176 Å². The van der Waals surface area contributed by atoms with Gasteiger partial charge in [-0.1, -0.05) is 59.6 Å². The Hall–Kier alpha value is -3.08. The number of fused-ring (bicyclic) bond motifs is 1. The molecule has 0 atom stereocenters. The zero-order valence-corrected chi connectivity index (χ0v) is 16.8. The molecule has 0 radical (unpaired) electrons. The lowest BCUT2D eigenvalue weighted by Crippen LogP contribution is -2.17. The van der Waals surface area contributed by atoms with Gasteiger partial charge in [0.1, 0.15) is 5.58 Å². The number of benzene rings is 3. The van der Waals surface area contributed by atoms with E-state index < -0.39 is 5.91 Å². The highest BCUT2D eigenvalue weighted by Crippen LogP contribution is 2.31. The van der Waals surface area contributed by atoms with Crippen LogP contribution < -0.4 is 10.7 Å². The van der Waals surface area contributed by atoms with Gasteiger partial charge in [-0.15, -0.1) is 0 Å². The van der Waals surface area contributed by atoms with E-state index in [4.69, 9.17) is 27.6 Å². The molecule has 0 spiro atoms. The van der Waals surface area contributed by atoms with E-state index in [9.17, 15) is 9.59 Å².